The topological polar surface area (TPSA) is 154 Å². The Morgan fingerprint density at radius 2 is 1.77 bits per heavy atom. The predicted octanol–water partition coefficient (Wildman–Crippen LogP) is 2.86. The predicted molar refractivity (Wildman–Crippen MR) is 148 cm³/mol. The summed E-state index contributed by atoms with van der Waals surface area (Å²) in [5.74, 6) is -1.61. The second-order valence-corrected chi connectivity index (χ2v) is 12.6. The van der Waals surface area contributed by atoms with Crippen molar-refractivity contribution in [2.24, 2.45) is 0 Å². The summed E-state index contributed by atoms with van der Waals surface area (Å²) >= 11 is 1.16. The van der Waals surface area contributed by atoms with E-state index < -0.39 is 33.8 Å². The van der Waals surface area contributed by atoms with Gasteiger partial charge in [0.15, 0.2) is 0 Å². The van der Waals surface area contributed by atoms with Crippen LogP contribution in [0.5, 0.6) is 0 Å². The number of benzene rings is 1. The summed E-state index contributed by atoms with van der Waals surface area (Å²) in [6, 6.07) is 5.60. The fourth-order valence-electron chi connectivity index (χ4n) is 4.83. The van der Waals surface area contributed by atoms with E-state index in [0.717, 1.165) is 30.6 Å². The van der Waals surface area contributed by atoms with Gasteiger partial charge in [-0.3, -0.25) is 25.2 Å². The Bertz CT molecular complexity index is 1410. The van der Waals surface area contributed by atoms with Gasteiger partial charge in [0.05, 0.1) is 23.6 Å². The number of carbonyl (C=O) groups is 4. The van der Waals surface area contributed by atoms with Crippen molar-refractivity contribution in [3.05, 3.63) is 45.8 Å². The average molecular weight is 592 g/mol. The fraction of sp³-hybridized carbons (Fsp3) is 0.462. The summed E-state index contributed by atoms with van der Waals surface area (Å²) in [4.78, 5) is 52.2. The number of carbonyl (C=O) groups excluding carboxylic acids is 4. The maximum absolute atomic E-state index is 13.2. The van der Waals surface area contributed by atoms with Crippen molar-refractivity contribution in [3.63, 3.8) is 0 Å². The highest BCUT2D eigenvalue weighted by Crippen LogP contribution is 2.37. The zero-order chi connectivity index (χ0) is 29.0. The lowest BCUT2D eigenvalue weighted by Gasteiger charge is -2.32. The summed E-state index contributed by atoms with van der Waals surface area (Å²) in [6.45, 7) is 6.08. The van der Waals surface area contributed by atoms with Crippen molar-refractivity contribution in [1.82, 2.24) is 20.1 Å². The largest absolute Gasteiger partial charge is 0.450 e. The molecular formula is C26H33N5O7S2. The van der Waals surface area contributed by atoms with Gasteiger partial charge in [0.1, 0.15) is 5.00 Å². The van der Waals surface area contributed by atoms with Crippen LogP contribution in [0.15, 0.2) is 29.2 Å². The molecule has 2 aliphatic rings. The zero-order valence-electron chi connectivity index (χ0n) is 22.6. The van der Waals surface area contributed by atoms with Crippen molar-refractivity contribution < 1.29 is 32.3 Å². The smallest absolute Gasteiger partial charge is 0.410 e. The van der Waals surface area contributed by atoms with Gasteiger partial charge < -0.3 is 15.0 Å². The zero-order valence-corrected chi connectivity index (χ0v) is 24.2. The first-order chi connectivity index (χ1) is 19.0. The first-order valence-corrected chi connectivity index (χ1v) is 15.3. The molecule has 1 unspecified atom stereocenters. The van der Waals surface area contributed by atoms with Gasteiger partial charge in [0, 0.05) is 36.5 Å². The Kier molecular flexibility index (Phi) is 9.11. The summed E-state index contributed by atoms with van der Waals surface area (Å²) in [6.07, 6.45) is 2.49. The molecule has 40 heavy (non-hydrogen) atoms. The van der Waals surface area contributed by atoms with E-state index in [0.29, 0.717) is 30.0 Å². The van der Waals surface area contributed by atoms with Crippen molar-refractivity contribution in [2.75, 3.05) is 25.0 Å². The molecule has 1 aromatic heterocycles. The van der Waals surface area contributed by atoms with Gasteiger partial charge >= 0.3 is 6.09 Å². The second-order valence-electron chi connectivity index (χ2n) is 9.65. The maximum atomic E-state index is 13.2. The molecule has 14 heteroatoms. The van der Waals surface area contributed by atoms with Crippen LogP contribution in [-0.4, -0.2) is 67.2 Å². The molecule has 4 amide bonds. The third-order valence-electron chi connectivity index (χ3n) is 6.85. The molecule has 2 aliphatic heterocycles. The lowest BCUT2D eigenvalue weighted by Crippen LogP contribution is -2.41. The number of rotatable bonds is 6. The van der Waals surface area contributed by atoms with Crippen LogP contribution in [0.3, 0.4) is 0 Å². The van der Waals surface area contributed by atoms with Gasteiger partial charge in [0.25, 0.3) is 11.8 Å². The third kappa shape index (κ3) is 6.29. The Morgan fingerprint density at radius 3 is 2.42 bits per heavy atom. The summed E-state index contributed by atoms with van der Waals surface area (Å²) in [5.41, 5.74) is 5.67. The number of fused-ring (bicyclic) bond motifs is 1. The molecule has 4 rings (SSSR count). The quantitative estimate of drug-likeness (QED) is 0.437. The van der Waals surface area contributed by atoms with E-state index >= 15 is 0 Å². The van der Waals surface area contributed by atoms with E-state index in [1.54, 1.807) is 6.92 Å². The molecule has 0 bridgehead atoms. The molecule has 1 saturated heterocycles. The molecular weight excluding hydrogens is 558 g/mol. The van der Waals surface area contributed by atoms with Crippen LogP contribution in [0.25, 0.3) is 0 Å². The Morgan fingerprint density at radius 1 is 1.05 bits per heavy atom. The van der Waals surface area contributed by atoms with E-state index in [1.165, 1.54) is 40.4 Å². The number of ether oxygens (including phenoxy) is 1. The Hall–Kier alpha value is -3.49. The molecule has 216 valence electrons. The van der Waals surface area contributed by atoms with Crippen LogP contribution in [0.1, 0.15) is 71.2 Å². The second kappa shape index (κ2) is 12.4. The van der Waals surface area contributed by atoms with Gasteiger partial charge in [-0.2, -0.15) is 4.31 Å². The third-order valence-corrected chi connectivity index (χ3v) is 10.0. The molecule has 0 saturated carbocycles. The molecule has 0 aliphatic carbocycles. The minimum atomic E-state index is -3.69. The molecule has 3 N–H and O–H groups in total. The van der Waals surface area contributed by atoms with Crippen molar-refractivity contribution >= 4 is 50.2 Å². The number of hydrogen-bond acceptors (Lipinski definition) is 8. The van der Waals surface area contributed by atoms with Crippen LogP contribution in [0.2, 0.25) is 0 Å². The number of amides is 4. The molecule has 1 atom stereocenters. The molecule has 3 heterocycles. The number of hydrazine groups is 1. The van der Waals surface area contributed by atoms with E-state index in [-0.39, 0.29) is 40.2 Å². The fourth-order valence-corrected chi connectivity index (χ4v) is 7.78. The minimum absolute atomic E-state index is 0.0894. The number of sulfonamides is 1. The van der Waals surface area contributed by atoms with Crippen LogP contribution in [0.4, 0.5) is 9.80 Å². The first kappa shape index (κ1) is 29.5. The van der Waals surface area contributed by atoms with Gasteiger partial charge in [-0.15, -0.1) is 11.3 Å². The normalized spacial score (nSPS) is 17.5. The summed E-state index contributed by atoms with van der Waals surface area (Å²) in [5, 5.41) is 3.01. The first-order valence-electron chi connectivity index (χ1n) is 13.1. The lowest BCUT2D eigenvalue weighted by atomic mass is 10.0. The highest BCUT2D eigenvalue weighted by molar-refractivity contribution is 7.89. The number of nitrogens with one attached hydrogen (secondary N) is 3. The van der Waals surface area contributed by atoms with Crippen LogP contribution >= 0.6 is 11.3 Å². The Labute approximate surface area is 237 Å². The number of piperidine rings is 1. The van der Waals surface area contributed by atoms with Crippen molar-refractivity contribution in [3.8, 4) is 0 Å². The standard InChI is InChI=1S/C26H33N5O7S2/c1-4-38-26(35)30-14-12-20-21(15-30)39-25(22(20)24(34)29-28-17(3)32)27-23(33)18-8-10-19(11-9-18)40(36,37)31-13-6-5-7-16(31)2/h8-11,16H,4-7,12-15H2,1-3H3,(H,27,33)(H,28,32)(H,29,34). The highest BCUT2D eigenvalue weighted by Gasteiger charge is 2.32. The van der Waals surface area contributed by atoms with Gasteiger partial charge in [-0.25, -0.2) is 13.2 Å². The van der Waals surface area contributed by atoms with Gasteiger partial charge in [-0.1, -0.05) is 6.42 Å². The highest BCUT2D eigenvalue weighted by atomic mass is 32.2. The van der Waals surface area contributed by atoms with Crippen molar-refractivity contribution in [2.45, 2.75) is 63.9 Å². The molecule has 1 aromatic carbocycles. The van der Waals surface area contributed by atoms with Crippen LogP contribution in [0, 0.1) is 0 Å². The van der Waals surface area contributed by atoms with E-state index in [4.69, 9.17) is 4.74 Å². The SMILES string of the molecule is CCOC(=O)N1CCc2c(sc(NC(=O)c3ccc(S(=O)(=O)N4CCCCC4C)cc3)c2C(=O)NNC(C)=O)C1. The summed E-state index contributed by atoms with van der Waals surface area (Å²) in [7, 11) is -3.69. The summed E-state index contributed by atoms with van der Waals surface area (Å²) < 4.78 is 32.9. The molecule has 2 aromatic rings. The monoisotopic (exact) mass is 591 g/mol. The van der Waals surface area contributed by atoms with Crippen LogP contribution < -0.4 is 16.2 Å². The van der Waals surface area contributed by atoms with Gasteiger partial charge in [-0.05, 0) is 62.9 Å². The van der Waals surface area contributed by atoms with E-state index in [2.05, 4.69) is 16.2 Å². The van der Waals surface area contributed by atoms with E-state index in [9.17, 15) is 27.6 Å². The molecule has 12 nitrogen and oxygen atoms in total. The van der Waals surface area contributed by atoms with Crippen molar-refractivity contribution in [1.29, 1.82) is 0 Å². The number of nitrogens with zero attached hydrogens (tertiary/aromatic N) is 2. The van der Waals surface area contributed by atoms with Gasteiger partial charge in [0.2, 0.25) is 15.9 Å². The molecule has 0 radical (unpaired) electrons. The lowest BCUT2D eigenvalue weighted by molar-refractivity contribution is -0.119. The number of thiophene rings is 1. The van der Waals surface area contributed by atoms with Crippen LogP contribution in [-0.2, 0) is 32.5 Å². The van der Waals surface area contributed by atoms with E-state index in [1.807, 2.05) is 6.92 Å². The molecule has 1 fully saturated rings. The molecule has 0 spiro atoms. The number of anilines is 1. The Balaban J connectivity index is 1.57. The number of hydrogen-bond donors (Lipinski definition) is 3. The maximum Gasteiger partial charge on any atom is 0.410 e. The average Bonchev–Trinajstić information content (AvgIpc) is 3.29. The minimum Gasteiger partial charge on any atom is -0.450 e.